The number of hydrogen-bond donors (Lipinski definition) is 1. The zero-order valence-corrected chi connectivity index (χ0v) is 27.7. The van der Waals surface area contributed by atoms with E-state index in [4.69, 9.17) is 32.5 Å². The molecule has 1 fully saturated rings. The fourth-order valence-corrected chi connectivity index (χ4v) is 6.33. The highest BCUT2D eigenvalue weighted by Gasteiger charge is 2.53. The quantitative estimate of drug-likeness (QED) is 0.134. The molecule has 51 heavy (non-hydrogen) atoms. The summed E-state index contributed by atoms with van der Waals surface area (Å²) in [4.78, 5) is 50.5. The number of carbonyl (C=O) groups is 3. The maximum Gasteiger partial charge on any atom is 0.338 e. The molecule has 2 aromatic heterocycles. The maximum absolute atomic E-state index is 14.1. The van der Waals surface area contributed by atoms with Gasteiger partial charge in [0.25, 0.3) is 0 Å². The van der Waals surface area contributed by atoms with Gasteiger partial charge in [-0.25, -0.2) is 14.8 Å². The largest absolute Gasteiger partial charge is 0.455 e. The number of methoxy groups -OCH3 is 1. The predicted molar refractivity (Wildman–Crippen MR) is 179 cm³/mol. The first-order valence-electron chi connectivity index (χ1n) is 16.7. The Hall–Kier alpha value is -5.37. The molecule has 0 aliphatic carbocycles. The number of benzene rings is 3. The lowest BCUT2D eigenvalue weighted by molar-refractivity contribution is -0.300. The summed E-state index contributed by atoms with van der Waals surface area (Å²) in [6.07, 6.45) is -2.52. The molecule has 0 amide bonds. The van der Waals surface area contributed by atoms with Crippen molar-refractivity contribution in [1.82, 2.24) is 9.97 Å². The van der Waals surface area contributed by atoms with E-state index in [1.165, 1.54) is 7.11 Å². The van der Waals surface area contributed by atoms with Crippen molar-refractivity contribution in [3.8, 4) is 0 Å². The van der Waals surface area contributed by atoms with Crippen molar-refractivity contribution in [3.63, 3.8) is 0 Å². The number of carbonyl (C=O) groups excluding carboxylic acids is 3. The van der Waals surface area contributed by atoms with E-state index in [1.54, 1.807) is 54.6 Å². The van der Waals surface area contributed by atoms with Crippen LogP contribution in [0.3, 0.4) is 0 Å². The Balaban J connectivity index is 1.24. The van der Waals surface area contributed by atoms with Crippen molar-refractivity contribution in [1.29, 1.82) is 0 Å². The molecule has 0 radical (unpaired) electrons. The van der Waals surface area contributed by atoms with E-state index in [0.29, 0.717) is 34.0 Å². The zero-order valence-electron chi connectivity index (χ0n) is 27.7. The maximum atomic E-state index is 14.1. The molecule has 13 heteroatoms. The van der Waals surface area contributed by atoms with E-state index in [-0.39, 0.29) is 31.2 Å². The van der Waals surface area contributed by atoms with Gasteiger partial charge >= 0.3 is 17.9 Å². The molecule has 0 spiro atoms. The minimum atomic E-state index is -1.44. The minimum absolute atomic E-state index is 0.0868. The number of esters is 3. The molecule has 4 heterocycles. The fourth-order valence-electron chi connectivity index (χ4n) is 6.33. The number of ether oxygens (including phenoxy) is 5. The van der Waals surface area contributed by atoms with Gasteiger partial charge in [-0.3, -0.25) is 9.59 Å². The molecule has 5 aromatic rings. The molecule has 2 aliphatic rings. The van der Waals surface area contributed by atoms with Crippen molar-refractivity contribution in [3.05, 3.63) is 108 Å². The highest BCUT2D eigenvalue weighted by molar-refractivity contribution is 5.89. The van der Waals surface area contributed by atoms with Crippen LogP contribution in [-0.4, -0.2) is 77.4 Å². The molecule has 1 N–H and O–H groups in total. The third kappa shape index (κ3) is 7.55. The van der Waals surface area contributed by atoms with E-state index >= 15 is 0 Å². The van der Waals surface area contributed by atoms with Crippen LogP contribution in [0.4, 0.5) is 0 Å². The van der Waals surface area contributed by atoms with Crippen LogP contribution in [0.1, 0.15) is 35.0 Å². The van der Waals surface area contributed by atoms with Gasteiger partial charge in [-0.05, 0) is 49.2 Å². The number of para-hydroxylation sites is 4. The van der Waals surface area contributed by atoms with Crippen LogP contribution in [0.15, 0.2) is 99.8 Å². The number of aliphatic hydroxyl groups is 1. The number of aromatic nitrogens is 2. The smallest absolute Gasteiger partial charge is 0.338 e. The molecule has 7 rings (SSSR count). The van der Waals surface area contributed by atoms with Crippen LogP contribution in [-0.2, 0) is 46.1 Å². The number of rotatable bonds is 8. The summed E-state index contributed by atoms with van der Waals surface area (Å²) in [5.41, 5.74) is 2.66. The molecule has 0 unspecified atom stereocenters. The number of nitrogens with zero attached hydrogens (tertiary/aromatic N) is 2. The second-order valence-electron chi connectivity index (χ2n) is 12.4. The first-order chi connectivity index (χ1) is 24.9. The van der Waals surface area contributed by atoms with E-state index in [2.05, 4.69) is 9.97 Å². The Labute approximate surface area is 292 Å². The summed E-state index contributed by atoms with van der Waals surface area (Å²) >= 11 is 0. The molecule has 1 saturated heterocycles. The Morgan fingerprint density at radius 3 is 1.82 bits per heavy atom. The summed E-state index contributed by atoms with van der Waals surface area (Å²) in [5.74, 6) is -3.04. The summed E-state index contributed by atoms with van der Waals surface area (Å²) in [6, 6.07) is 22.8. The standard InChI is InChI=1S/C38H36N2O11/c1-45-38-34(51-35(42)22-11-3-2-4-12-22)33-32(29(21-41)48-38)49-36(43)23(19-30-39-25-15-7-9-17-27(25)46-30)13-5-6-14-24(37(44)50-33)20-31-40-26-16-8-10-18-28(26)47-31/h2-12,15-18,23-24,29,32-34,38,41H,13-14,19-21H2,1H3/t23-,24-,29-,32-,33+,34+,38+/m1/s1. The molecule has 264 valence electrons. The summed E-state index contributed by atoms with van der Waals surface area (Å²) in [6.45, 7) is -0.632. The van der Waals surface area contributed by atoms with Crippen molar-refractivity contribution < 1.29 is 52.0 Å². The second-order valence-corrected chi connectivity index (χ2v) is 12.4. The van der Waals surface area contributed by atoms with Gasteiger partial charge in [0, 0.05) is 20.0 Å². The first kappa shape index (κ1) is 34.1. The summed E-state index contributed by atoms with van der Waals surface area (Å²) in [7, 11) is 1.32. The van der Waals surface area contributed by atoms with Gasteiger partial charge in [0.1, 0.15) is 17.1 Å². The molecule has 2 aliphatic heterocycles. The van der Waals surface area contributed by atoms with Gasteiger partial charge in [-0.15, -0.1) is 0 Å². The molecule has 0 bridgehead atoms. The van der Waals surface area contributed by atoms with Crippen LogP contribution >= 0.6 is 0 Å². The van der Waals surface area contributed by atoms with Crippen LogP contribution in [0.25, 0.3) is 22.2 Å². The van der Waals surface area contributed by atoms with Gasteiger partial charge in [0.15, 0.2) is 47.5 Å². The van der Waals surface area contributed by atoms with Crippen LogP contribution < -0.4 is 0 Å². The Kier molecular flexibility index (Phi) is 10.2. The molecule has 3 aromatic carbocycles. The highest BCUT2D eigenvalue weighted by Crippen LogP contribution is 2.33. The lowest BCUT2D eigenvalue weighted by atomic mass is 9.94. The molecule has 0 saturated carbocycles. The van der Waals surface area contributed by atoms with E-state index < -0.39 is 67.1 Å². The molecule has 13 nitrogen and oxygen atoms in total. The van der Waals surface area contributed by atoms with E-state index in [0.717, 1.165) is 0 Å². The van der Waals surface area contributed by atoms with Crippen LogP contribution in [0, 0.1) is 11.8 Å². The Bertz CT molecular complexity index is 1960. The highest BCUT2D eigenvalue weighted by atomic mass is 16.7. The Morgan fingerprint density at radius 2 is 1.29 bits per heavy atom. The second kappa shape index (κ2) is 15.3. The SMILES string of the molecule is CO[C@H]1O[C@H](CO)[C@H]2OC(=O)[C@@H](Cc3nc4ccccc4o3)CC=CC[C@H](Cc3nc4ccccc4o3)C(=O)O[C@@H]2[C@@H]1OC(=O)c1ccccc1. The minimum Gasteiger partial charge on any atom is -0.455 e. The topological polar surface area (TPSA) is 170 Å². The van der Waals surface area contributed by atoms with Crippen LogP contribution in [0.2, 0.25) is 0 Å². The third-order valence-electron chi connectivity index (χ3n) is 8.95. The van der Waals surface area contributed by atoms with Gasteiger partial charge in [0.05, 0.1) is 24.0 Å². The molecular weight excluding hydrogens is 660 g/mol. The zero-order chi connectivity index (χ0) is 35.3. The summed E-state index contributed by atoms with van der Waals surface area (Å²) in [5, 5.41) is 10.5. The van der Waals surface area contributed by atoms with Gasteiger partial charge in [0.2, 0.25) is 0 Å². The lowest BCUT2D eigenvalue weighted by Crippen LogP contribution is -2.63. The van der Waals surface area contributed by atoms with E-state index in [1.807, 2.05) is 36.4 Å². The first-order valence-corrected chi connectivity index (χ1v) is 16.7. The number of oxazole rings is 2. The third-order valence-corrected chi connectivity index (χ3v) is 8.95. The number of aliphatic hydroxyl groups excluding tert-OH is 1. The van der Waals surface area contributed by atoms with Crippen molar-refractivity contribution >= 4 is 40.1 Å². The van der Waals surface area contributed by atoms with Crippen LogP contribution in [0.5, 0.6) is 0 Å². The van der Waals surface area contributed by atoms with Crippen molar-refractivity contribution in [2.45, 2.75) is 56.4 Å². The predicted octanol–water partition coefficient (Wildman–Crippen LogP) is 4.75. The fraction of sp³-hybridized carbons (Fsp3) is 0.342. The summed E-state index contributed by atoms with van der Waals surface area (Å²) < 4.78 is 41.5. The normalized spacial score (nSPS) is 25.7. The van der Waals surface area contributed by atoms with Crippen molar-refractivity contribution in [2.75, 3.05) is 13.7 Å². The molecule has 7 atom stereocenters. The van der Waals surface area contributed by atoms with E-state index in [9.17, 15) is 19.5 Å². The average Bonchev–Trinajstić information content (AvgIpc) is 3.76. The molecular formula is C38H36N2O11. The van der Waals surface area contributed by atoms with Gasteiger partial charge in [-0.2, -0.15) is 0 Å². The number of hydrogen-bond acceptors (Lipinski definition) is 13. The number of allylic oxidation sites excluding steroid dienone is 2. The van der Waals surface area contributed by atoms with Gasteiger partial charge < -0.3 is 37.6 Å². The average molecular weight is 697 g/mol. The lowest BCUT2D eigenvalue weighted by Gasteiger charge is -2.44. The van der Waals surface area contributed by atoms with Crippen molar-refractivity contribution in [2.24, 2.45) is 11.8 Å². The number of fused-ring (bicyclic) bond motifs is 3. The monoisotopic (exact) mass is 696 g/mol. The van der Waals surface area contributed by atoms with Gasteiger partial charge in [-0.1, -0.05) is 54.6 Å². The Morgan fingerprint density at radius 1 is 0.765 bits per heavy atom.